The number of carbonyl (C=O) groups excluding carboxylic acids is 2. The summed E-state index contributed by atoms with van der Waals surface area (Å²) in [5.74, 6) is -0.0812. The standard InChI is InChI=1S/C19H19FN2O5/c1-11-16(18(23)26-10-9-25-2)17(22-19(24)21-11)15-8-7-14(27-15)12-3-5-13(20)6-4-12/h3-8,17H,9-10H2,1-2H3,(H2,21,22,24)/t17-/m0/s1. The number of furan rings is 1. The van der Waals surface area contributed by atoms with Crippen LogP contribution < -0.4 is 10.6 Å². The lowest BCUT2D eigenvalue weighted by Gasteiger charge is -2.26. The zero-order chi connectivity index (χ0) is 19.4. The van der Waals surface area contributed by atoms with Gasteiger partial charge in [-0.2, -0.15) is 0 Å². The van der Waals surface area contributed by atoms with Crippen molar-refractivity contribution in [1.82, 2.24) is 10.6 Å². The van der Waals surface area contributed by atoms with Crippen LogP contribution in [0.1, 0.15) is 18.7 Å². The molecule has 1 atom stereocenters. The van der Waals surface area contributed by atoms with Crippen molar-refractivity contribution in [2.24, 2.45) is 0 Å². The van der Waals surface area contributed by atoms with E-state index in [1.807, 2.05) is 0 Å². The number of hydrogen-bond acceptors (Lipinski definition) is 5. The first-order chi connectivity index (χ1) is 13.0. The monoisotopic (exact) mass is 374 g/mol. The molecule has 1 aliphatic rings. The van der Waals surface area contributed by atoms with Crippen molar-refractivity contribution in [2.45, 2.75) is 13.0 Å². The smallest absolute Gasteiger partial charge is 0.338 e. The number of carbonyl (C=O) groups is 2. The summed E-state index contributed by atoms with van der Waals surface area (Å²) < 4.78 is 29.0. The summed E-state index contributed by atoms with van der Waals surface area (Å²) in [6.45, 7) is 1.96. The lowest BCUT2D eigenvalue weighted by atomic mass is 10.0. The summed E-state index contributed by atoms with van der Waals surface area (Å²) >= 11 is 0. The van der Waals surface area contributed by atoms with Crippen LogP contribution in [0.5, 0.6) is 0 Å². The van der Waals surface area contributed by atoms with Gasteiger partial charge < -0.3 is 24.5 Å². The van der Waals surface area contributed by atoms with Crippen molar-refractivity contribution in [3.63, 3.8) is 0 Å². The molecule has 0 bridgehead atoms. The number of allylic oxidation sites excluding steroid dienone is 1. The first-order valence-electron chi connectivity index (χ1n) is 8.29. The number of urea groups is 1. The largest absolute Gasteiger partial charge is 0.460 e. The minimum Gasteiger partial charge on any atom is -0.460 e. The van der Waals surface area contributed by atoms with Crippen molar-refractivity contribution in [3.05, 3.63) is 59.2 Å². The van der Waals surface area contributed by atoms with Crippen LogP contribution >= 0.6 is 0 Å². The summed E-state index contributed by atoms with van der Waals surface area (Å²) in [6.07, 6.45) is 0. The molecule has 1 aromatic carbocycles. The van der Waals surface area contributed by atoms with Crippen LogP contribution in [0, 0.1) is 5.82 Å². The Hall–Kier alpha value is -3.13. The molecule has 142 valence electrons. The van der Waals surface area contributed by atoms with Crippen LogP contribution in [0.4, 0.5) is 9.18 Å². The second-order valence-electron chi connectivity index (χ2n) is 5.91. The van der Waals surface area contributed by atoms with Crippen molar-refractivity contribution in [1.29, 1.82) is 0 Å². The van der Waals surface area contributed by atoms with Gasteiger partial charge in [-0.15, -0.1) is 0 Å². The maximum absolute atomic E-state index is 13.1. The molecule has 0 fully saturated rings. The fourth-order valence-electron chi connectivity index (χ4n) is 2.75. The molecule has 7 nitrogen and oxygen atoms in total. The zero-order valence-corrected chi connectivity index (χ0v) is 14.9. The van der Waals surface area contributed by atoms with Gasteiger partial charge in [0, 0.05) is 18.4 Å². The van der Waals surface area contributed by atoms with E-state index in [0.717, 1.165) is 0 Å². The fourth-order valence-corrected chi connectivity index (χ4v) is 2.75. The molecule has 2 heterocycles. The van der Waals surface area contributed by atoms with Gasteiger partial charge >= 0.3 is 12.0 Å². The lowest BCUT2D eigenvalue weighted by molar-refractivity contribution is -0.140. The maximum atomic E-state index is 13.1. The Labute approximate surface area is 155 Å². The number of rotatable bonds is 6. The number of halogens is 1. The Balaban J connectivity index is 1.88. The second-order valence-corrected chi connectivity index (χ2v) is 5.91. The van der Waals surface area contributed by atoms with E-state index in [4.69, 9.17) is 13.9 Å². The molecule has 0 aliphatic carbocycles. The highest BCUT2D eigenvalue weighted by Gasteiger charge is 2.34. The van der Waals surface area contributed by atoms with Crippen molar-refractivity contribution >= 4 is 12.0 Å². The number of hydrogen-bond donors (Lipinski definition) is 2. The number of amides is 2. The molecule has 1 aromatic heterocycles. The normalized spacial score (nSPS) is 16.7. The van der Waals surface area contributed by atoms with Crippen LogP contribution in [0.2, 0.25) is 0 Å². The quantitative estimate of drug-likeness (QED) is 0.599. The molecule has 0 saturated carbocycles. The fraction of sp³-hybridized carbons (Fsp3) is 0.263. The Morgan fingerprint density at radius 3 is 2.63 bits per heavy atom. The molecule has 2 N–H and O–H groups in total. The molecule has 0 unspecified atom stereocenters. The Morgan fingerprint density at radius 1 is 1.19 bits per heavy atom. The van der Waals surface area contributed by atoms with Gasteiger partial charge in [0.25, 0.3) is 0 Å². The number of benzene rings is 1. The van der Waals surface area contributed by atoms with Crippen molar-refractivity contribution < 1.29 is 27.9 Å². The number of esters is 1. The predicted octanol–water partition coefficient (Wildman–Crippen LogP) is 2.90. The molecule has 2 aromatic rings. The predicted molar refractivity (Wildman–Crippen MR) is 94.0 cm³/mol. The number of methoxy groups -OCH3 is 1. The van der Waals surface area contributed by atoms with E-state index in [1.54, 1.807) is 31.2 Å². The van der Waals surface area contributed by atoms with E-state index in [1.165, 1.54) is 19.2 Å². The van der Waals surface area contributed by atoms with E-state index in [9.17, 15) is 14.0 Å². The minimum atomic E-state index is -0.803. The Bertz CT molecular complexity index is 872. The van der Waals surface area contributed by atoms with Gasteiger partial charge in [-0.3, -0.25) is 0 Å². The average Bonchev–Trinajstić information content (AvgIpc) is 3.11. The van der Waals surface area contributed by atoms with E-state index >= 15 is 0 Å². The van der Waals surface area contributed by atoms with Crippen LogP contribution in [0.25, 0.3) is 11.3 Å². The van der Waals surface area contributed by atoms with E-state index in [2.05, 4.69) is 10.6 Å². The van der Waals surface area contributed by atoms with Crippen molar-refractivity contribution in [2.75, 3.05) is 20.3 Å². The third kappa shape index (κ3) is 4.17. The van der Waals surface area contributed by atoms with Gasteiger partial charge in [-0.25, -0.2) is 14.0 Å². The molecule has 0 spiro atoms. The summed E-state index contributed by atoms with van der Waals surface area (Å²) in [6, 6.07) is 7.91. The Morgan fingerprint density at radius 2 is 1.93 bits per heavy atom. The second kappa shape index (κ2) is 8.05. The maximum Gasteiger partial charge on any atom is 0.338 e. The van der Waals surface area contributed by atoms with Crippen molar-refractivity contribution in [3.8, 4) is 11.3 Å². The summed E-state index contributed by atoms with van der Waals surface area (Å²) in [5, 5.41) is 5.22. The van der Waals surface area contributed by atoms with E-state index in [-0.39, 0.29) is 24.6 Å². The summed E-state index contributed by atoms with van der Waals surface area (Å²) in [5.41, 5.74) is 1.30. The van der Waals surface area contributed by atoms with Gasteiger partial charge in [-0.05, 0) is 43.3 Å². The highest BCUT2D eigenvalue weighted by atomic mass is 19.1. The van der Waals surface area contributed by atoms with Crippen LogP contribution in [-0.4, -0.2) is 32.3 Å². The molecule has 3 rings (SSSR count). The van der Waals surface area contributed by atoms with Crippen LogP contribution in [0.3, 0.4) is 0 Å². The van der Waals surface area contributed by atoms with Crippen LogP contribution in [-0.2, 0) is 14.3 Å². The van der Waals surface area contributed by atoms with Gasteiger partial charge in [0.15, 0.2) is 0 Å². The van der Waals surface area contributed by atoms with Gasteiger partial charge in [0.2, 0.25) is 0 Å². The highest BCUT2D eigenvalue weighted by molar-refractivity contribution is 5.94. The topological polar surface area (TPSA) is 89.8 Å². The number of ether oxygens (including phenoxy) is 2. The van der Waals surface area contributed by atoms with Gasteiger partial charge in [0.05, 0.1) is 12.2 Å². The average molecular weight is 374 g/mol. The first-order valence-corrected chi connectivity index (χ1v) is 8.29. The molecule has 27 heavy (non-hydrogen) atoms. The van der Waals surface area contributed by atoms with E-state index in [0.29, 0.717) is 22.8 Å². The summed E-state index contributed by atoms with van der Waals surface area (Å²) in [4.78, 5) is 24.4. The van der Waals surface area contributed by atoms with Gasteiger partial charge in [-0.1, -0.05) is 0 Å². The highest BCUT2D eigenvalue weighted by Crippen LogP contribution is 2.32. The van der Waals surface area contributed by atoms with Crippen LogP contribution in [0.15, 0.2) is 52.1 Å². The zero-order valence-electron chi connectivity index (χ0n) is 14.9. The number of nitrogens with one attached hydrogen (secondary N) is 2. The molecule has 0 saturated heterocycles. The molecule has 8 heteroatoms. The SMILES string of the molecule is COCCOC(=O)C1=C(C)NC(=O)N[C@H]1c1ccc(-c2ccc(F)cc2)o1. The third-order valence-corrected chi connectivity index (χ3v) is 4.05. The lowest BCUT2D eigenvalue weighted by Crippen LogP contribution is -2.45. The summed E-state index contributed by atoms with van der Waals surface area (Å²) in [7, 11) is 1.50. The molecule has 2 amide bonds. The third-order valence-electron chi connectivity index (χ3n) is 4.05. The molecular formula is C19H19FN2O5. The van der Waals surface area contributed by atoms with Gasteiger partial charge in [0.1, 0.15) is 30.0 Å². The minimum absolute atomic E-state index is 0.0891. The molecule has 1 aliphatic heterocycles. The molecule has 0 radical (unpaired) electrons. The molecular weight excluding hydrogens is 355 g/mol. The first kappa shape index (κ1) is 18.7. The van der Waals surface area contributed by atoms with E-state index < -0.39 is 18.0 Å². The Kier molecular flexibility index (Phi) is 5.56.